The zero-order valence-corrected chi connectivity index (χ0v) is 22.7. The molecule has 198 valence electrons. The maximum Gasteiger partial charge on any atom is 0.257 e. The molecule has 10 heteroatoms. The second-order valence-corrected chi connectivity index (χ2v) is 9.28. The fraction of sp³-hybridized carbons (Fsp3) is 0.462. The number of halogens is 4. The monoisotopic (exact) mass is 557 g/mol. The van der Waals surface area contributed by atoms with Crippen molar-refractivity contribution in [1.82, 2.24) is 19.4 Å². The SMILES string of the molecule is Cl.Cl.Cl.NCc1ccc(F)c(C2CCN(C(=O)c3cn(CCN4CCCC4)c4cccnc34)CC2)c1. The average Bonchev–Trinajstić information content (AvgIpc) is 3.51. The number of likely N-dealkylation sites (tertiary alicyclic amines) is 2. The Morgan fingerprint density at radius 2 is 1.75 bits per heavy atom. The van der Waals surface area contributed by atoms with Gasteiger partial charge in [0.15, 0.2) is 0 Å². The maximum atomic E-state index is 14.4. The van der Waals surface area contributed by atoms with E-state index in [9.17, 15) is 9.18 Å². The Morgan fingerprint density at radius 3 is 2.44 bits per heavy atom. The first-order valence-electron chi connectivity index (χ1n) is 12.1. The Morgan fingerprint density at radius 1 is 1.03 bits per heavy atom. The van der Waals surface area contributed by atoms with Crippen LogP contribution >= 0.6 is 37.2 Å². The molecule has 3 aromatic rings. The number of hydrogen-bond donors (Lipinski definition) is 1. The van der Waals surface area contributed by atoms with E-state index in [1.54, 1.807) is 12.3 Å². The van der Waals surface area contributed by atoms with Crippen LogP contribution in [0.25, 0.3) is 11.0 Å². The van der Waals surface area contributed by atoms with Crippen LogP contribution in [-0.2, 0) is 13.1 Å². The van der Waals surface area contributed by atoms with Crippen LogP contribution in [0.5, 0.6) is 0 Å². The standard InChI is InChI=1S/C26H32FN5O.3ClH/c27-23-6-5-19(17-28)16-21(23)20-7-12-31(13-8-20)26(33)22-18-32(15-14-30-10-1-2-11-30)24-4-3-9-29-25(22)24;;;/h3-6,9,16,18,20H,1-2,7-8,10-15,17,28H2;3*1H. The number of carbonyl (C=O) groups is 1. The van der Waals surface area contributed by atoms with Crippen LogP contribution in [0.1, 0.15) is 53.1 Å². The first-order chi connectivity index (χ1) is 16.1. The Bertz CT molecular complexity index is 1140. The number of hydrogen-bond acceptors (Lipinski definition) is 4. The average molecular weight is 559 g/mol. The van der Waals surface area contributed by atoms with E-state index in [0.29, 0.717) is 25.2 Å². The first-order valence-corrected chi connectivity index (χ1v) is 12.1. The van der Waals surface area contributed by atoms with Crippen molar-refractivity contribution in [3.8, 4) is 0 Å². The van der Waals surface area contributed by atoms with Gasteiger partial charge in [0.05, 0.1) is 11.1 Å². The third-order valence-corrected chi connectivity index (χ3v) is 7.24. The number of nitrogens with two attached hydrogens (primary N) is 1. The van der Waals surface area contributed by atoms with Crippen molar-refractivity contribution in [1.29, 1.82) is 0 Å². The van der Waals surface area contributed by atoms with Crippen LogP contribution in [0.15, 0.2) is 42.7 Å². The van der Waals surface area contributed by atoms with Gasteiger partial charge in [-0.15, -0.1) is 37.2 Å². The summed E-state index contributed by atoms with van der Waals surface area (Å²) < 4.78 is 16.6. The molecule has 6 nitrogen and oxygen atoms in total. The van der Waals surface area contributed by atoms with E-state index >= 15 is 0 Å². The molecule has 5 rings (SSSR count). The van der Waals surface area contributed by atoms with E-state index in [-0.39, 0.29) is 54.9 Å². The van der Waals surface area contributed by atoms with Gasteiger partial charge < -0.3 is 20.1 Å². The second-order valence-electron chi connectivity index (χ2n) is 9.28. The van der Waals surface area contributed by atoms with Gasteiger partial charge >= 0.3 is 0 Å². The molecule has 2 aromatic heterocycles. The van der Waals surface area contributed by atoms with Crippen LogP contribution < -0.4 is 5.73 Å². The zero-order chi connectivity index (χ0) is 22.8. The molecule has 0 unspecified atom stereocenters. The molecule has 2 aliphatic heterocycles. The maximum absolute atomic E-state index is 14.4. The van der Waals surface area contributed by atoms with Crippen molar-refractivity contribution in [3.05, 3.63) is 65.2 Å². The number of nitrogens with zero attached hydrogens (tertiary/aromatic N) is 4. The second kappa shape index (κ2) is 13.6. The summed E-state index contributed by atoms with van der Waals surface area (Å²) in [4.78, 5) is 22.4. The minimum atomic E-state index is -0.178. The highest BCUT2D eigenvalue weighted by Crippen LogP contribution is 2.32. The van der Waals surface area contributed by atoms with Gasteiger partial charge in [-0.1, -0.05) is 12.1 Å². The lowest BCUT2D eigenvalue weighted by molar-refractivity contribution is 0.0714. The number of amides is 1. The molecule has 4 heterocycles. The lowest BCUT2D eigenvalue weighted by Gasteiger charge is -2.32. The summed E-state index contributed by atoms with van der Waals surface area (Å²) in [5.74, 6) is -0.0454. The van der Waals surface area contributed by atoms with Crippen molar-refractivity contribution >= 4 is 54.2 Å². The molecule has 2 fully saturated rings. The van der Waals surface area contributed by atoms with Gasteiger partial charge in [-0.25, -0.2) is 4.39 Å². The number of carbonyl (C=O) groups excluding carboxylic acids is 1. The van der Waals surface area contributed by atoms with Gasteiger partial charge in [0, 0.05) is 45.1 Å². The number of benzene rings is 1. The fourth-order valence-electron chi connectivity index (χ4n) is 5.32. The number of rotatable bonds is 6. The molecule has 1 aromatic carbocycles. The molecule has 2 N–H and O–H groups in total. The summed E-state index contributed by atoms with van der Waals surface area (Å²) in [7, 11) is 0. The van der Waals surface area contributed by atoms with E-state index in [0.717, 1.165) is 61.2 Å². The van der Waals surface area contributed by atoms with Crippen LogP contribution in [0.4, 0.5) is 4.39 Å². The summed E-state index contributed by atoms with van der Waals surface area (Å²) in [6.07, 6.45) is 7.77. The van der Waals surface area contributed by atoms with Crippen molar-refractivity contribution in [2.75, 3.05) is 32.7 Å². The summed E-state index contributed by atoms with van der Waals surface area (Å²) in [5, 5.41) is 0. The van der Waals surface area contributed by atoms with E-state index in [4.69, 9.17) is 5.73 Å². The van der Waals surface area contributed by atoms with Gasteiger partial charge in [0.2, 0.25) is 0 Å². The van der Waals surface area contributed by atoms with E-state index in [2.05, 4.69) is 14.5 Å². The highest BCUT2D eigenvalue weighted by Gasteiger charge is 2.28. The minimum absolute atomic E-state index is 0. The summed E-state index contributed by atoms with van der Waals surface area (Å²) in [6.45, 7) is 5.80. The lowest BCUT2D eigenvalue weighted by atomic mass is 9.88. The molecule has 0 spiro atoms. The molecule has 2 saturated heterocycles. The van der Waals surface area contributed by atoms with Crippen molar-refractivity contribution in [2.24, 2.45) is 5.73 Å². The van der Waals surface area contributed by atoms with Crippen LogP contribution in [0.2, 0.25) is 0 Å². The Kier molecular flexibility index (Phi) is 11.4. The smallest absolute Gasteiger partial charge is 0.257 e. The van der Waals surface area contributed by atoms with Crippen LogP contribution in [-0.4, -0.2) is 58.0 Å². The van der Waals surface area contributed by atoms with E-state index in [1.807, 2.05) is 29.3 Å². The fourth-order valence-corrected chi connectivity index (χ4v) is 5.32. The van der Waals surface area contributed by atoms with Crippen LogP contribution in [0, 0.1) is 5.82 Å². The summed E-state index contributed by atoms with van der Waals surface area (Å²) >= 11 is 0. The van der Waals surface area contributed by atoms with E-state index in [1.165, 1.54) is 18.9 Å². The van der Waals surface area contributed by atoms with Crippen LogP contribution in [0.3, 0.4) is 0 Å². The molecule has 0 bridgehead atoms. The molecule has 0 atom stereocenters. The number of fused-ring (bicyclic) bond motifs is 1. The summed E-state index contributed by atoms with van der Waals surface area (Å²) in [6, 6.07) is 9.11. The van der Waals surface area contributed by atoms with Gasteiger partial charge in [0.25, 0.3) is 5.91 Å². The number of pyridine rings is 1. The zero-order valence-electron chi connectivity index (χ0n) is 20.3. The van der Waals surface area contributed by atoms with Gasteiger partial charge in [-0.2, -0.15) is 0 Å². The van der Waals surface area contributed by atoms with E-state index < -0.39 is 0 Å². The Labute approximate surface area is 230 Å². The minimum Gasteiger partial charge on any atom is -0.344 e. The molecule has 2 aliphatic rings. The Balaban J connectivity index is 0.00000152. The molecule has 0 radical (unpaired) electrons. The lowest BCUT2D eigenvalue weighted by Crippen LogP contribution is -2.38. The van der Waals surface area contributed by atoms with Gasteiger partial charge in [0.1, 0.15) is 11.3 Å². The summed E-state index contributed by atoms with van der Waals surface area (Å²) in [5.41, 5.74) is 9.86. The molecule has 0 saturated carbocycles. The molecule has 0 aliphatic carbocycles. The normalized spacial score (nSPS) is 16.3. The first kappa shape index (κ1) is 30.3. The predicted octanol–water partition coefficient (Wildman–Crippen LogP) is 5.02. The van der Waals surface area contributed by atoms with Gasteiger partial charge in [-0.3, -0.25) is 9.78 Å². The Hall–Kier alpha value is -1.90. The predicted molar refractivity (Wildman–Crippen MR) is 149 cm³/mol. The number of aromatic nitrogens is 2. The van der Waals surface area contributed by atoms with Crippen molar-refractivity contribution in [3.63, 3.8) is 0 Å². The molecular weight excluding hydrogens is 524 g/mol. The topological polar surface area (TPSA) is 67.4 Å². The number of piperidine rings is 1. The third-order valence-electron chi connectivity index (χ3n) is 7.24. The third kappa shape index (κ3) is 6.32. The largest absolute Gasteiger partial charge is 0.344 e. The molecular formula is C26H35Cl3FN5O. The van der Waals surface area contributed by atoms with Gasteiger partial charge in [-0.05, 0) is 74.0 Å². The highest BCUT2D eigenvalue weighted by molar-refractivity contribution is 6.05. The quantitative estimate of drug-likeness (QED) is 0.462. The molecule has 1 amide bonds. The molecule has 36 heavy (non-hydrogen) atoms. The van der Waals surface area contributed by atoms with Crippen molar-refractivity contribution in [2.45, 2.75) is 44.7 Å². The highest BCUT2D eigenvalue weighted by atomic mass is 35.5. The van der Waals surface area contributed by atoms with Crippen molar-refractivity contribution < 1.29 is 9.18 Å².